The normalized spacial score (nSPS) is 25.3. The Hall–Kier alpha value is -1.18. The van der Waals surface area contributed by atoms with Crippen molar-refractivity contribution < 1.29 is 0 Å². The van der Waals surface area contributed by atoms with Crippen molar-refractivity contribution in [2.24, 2.45) is 5.92 Å². The van der Waals surface area contributed by atoms with E-state index >= 15 is 0 Å². The van der Waals surface area contributed by atoms with Crippen LogP contribution in [0.15, 0.2) is 18.2 Å². The second kappa shape index (κ2) is 5.44. The highest BCUT2D eigenvalue weighted by Crippen LogP contribution is 2.26. The fourth-order valence-electron chi connectivity index (χ4n) is 2.60. The molecule has 1 saturated carbocycles. The van der Waals surface area contributed by atoms with Crippen LogP contribution in [0.2, 0.25) is 0 Å². The lowest BCUT2D eigenvalue weighted by Crippen LogP contribution is -2.18. The van der Waals surface area contributed by atoms with E-state index in [1.165, 1.54) is 37.8 Å². The van der Waals surface area contributed by atoms with E-state index in [1.54, 1.807) is 0 Å². The quantitative estimate of drug-likeness (QED) is 0.598. The highest BCUT2D eigenvalue weighted by atomic mass is 14.9. The molecule has 2 unspecified atom stereocenters. The Morgan fingerprint density at radius 2 is 2.00 bits per heavy atom. The van der Waals surface area contributed by atoms with E-state index < -0.39 is 0 Å². The Morgan fingerprint density at radius 1 is 1.18 bits per heavy atom. The molecule has 1 aliphatic carbocycles. The number of nitrogen functional groups attached to an aromatic ring is 1. The maximum absolute atomic E-state index is 5.94. The summed E-state index contributed by atoms with van der Waals surface area (Å²) < 4.78 is 0. The first-order valence-electron chi connectivity index (χ1n) is 6.78. The molecule has 2 nitrogen and oxygen atoms in total. The largest absolute Gasteiger partial charge is 0.398 e. The van der Waals surface area contributed by atoms with Crippen molar-refractivity contribution in [3.05, 3.63) is 23.8 Å². The van der Waals surface area contributed by atoms with Gasteiger partial charge in [-0.3, -0.25) is 0 Å². The molecule has 0 heterocycles. The molecule has 1 aromatic carbocycles. The van der Waals surface area contributed by atoms with Crippen molar-refractivity contribution in [3.8, 4) is 0 Å². The van der Waals surface area contributed by atoms with Crippen LogP contribution >= 0.6 is 0 Å². The van der Waals surface area contributed by atoms with Gasteiger partial charge in [-0.05, 0) is 49.8 Å². The zero-order valence-corrected chi connectivity index (χ0v) is 11.0. The fourth-order valence-corrected chi connectivity index (χ4v) is 2.60. The summed E-state index contributed by atoms with van der Waals surface area (Å²) in [7, 11) is 0. The van der Waals surface area contributed by atoms with Gasteiger partial charge in [-0.1, -0.05) is 25.8 Å². The van der Waals surface area contributed by atoms with Crippen LogP contribution in [0, 0.1) is 12.8 Å². The van der Waals surface area contributed by atoms with Crippen molar-refractivity contribution in [1.29, 1.82) is 0 Å². The van der Waals surface area contributed by atoms with Gasteiger partial charge in [0.1, 0.15) is 0 Å². The predicted octanol–water partition coefficient (Wildman–Crippen LogP) is 3.96. The number of nitrogens with two attached hydrogens (primary N) is 1. The molecule has 2 atom stereocenters. The number of anilines is 2. The molecule has 17 heavy (non-hydrogen) atoms. The third kappa shape index (κ3) is 3.39. The molecule has 0 saturated heterocycles. The first kappa shape index (κ1) is 12.3. The minimum Gasteiger partial charge on any atom is -0.398 e. The zero-order valence-electron chi connectivity index (χ0n) is 11.0. The lowest BCUT2D eigenvalue weighted by atomic mass is 10.0. The van der Waals surface area contributed by atoms with Crippen molar-refractivity contribution in [2.45, 2.75) is 52.0 Å². The van der Waals surface area contributed by atoms with Crippen LogP contribution in [0.5, 0.6) is 0 Å². The summed E-state index contributed by atoms with van der Waals surface area (Å²) in [5.74, 6) is 0.893. The van der Waals surface area contributed by atoms with Gasteiger partial charge in [0.15, 0.2) is 0 Å². The second-order valence-corrected chi connectivity index (χ2v) is 5.53. The van der Waals surface area contributed by atoms with Crippen LogP contribution in [0.3, 0.4) is 0 Å². The summed E-state index contributed by atoms with van der Waals surface area (Å²) in [4.78, 5) is 0. The van der Waals surface area contributed by atoms with Crippen LogP contribution in [0.1, 0.15) is 44.6 Å². The fraction of sp³-hybridized carbons (Fsp3) is 0.600. The third-order valence-corrected chi connectivity index (χ3v) is 3.91. The molecule has 3 N–H and O–H groups in total. The van der Waals surface area contributed by atoms with Crippen molar-refractivity contribution >= 4 is 11.4 Å². The van der Waals surface area contributed by atoms with Gasteiger partial charge >= 0.3 is 0 Å². The van der Waals surface area contributed by atoms with Gasteiger partial charge in [-0.15, -0.1) is 0 Å². The topological polar surface area (TPSA) is 38.0 Å². The molecular weight excluding hydrogens is 208 g/mol. The molecule has 2 heteroatoms. The lowest BCUT2D eigenvalue weighted by molar-refractivity contribution is 0.502. The summed E-state index contributed by atoms with van der Waals surface area (Å²) in [6.07, 6.45) is 6.65. The molecule has 94 valence electrons. The van der Waals surface area contributed by atoms with Gasteiger partial charge in [0.2, 0.25) is 0 Å². The molecule has 1 fully saturated rings. The number of hydrogen-bond donors (Lipinski definition) is 2. The molecule has 0 amide bonds. The van der Waals surface area contributed by atoms with E-state index in [4.69, 9.17) is 5.73 Å². The van der Waals surface area contributed by atoms with Crippen molar-refractivity contribution in [3.63, 3.8) is 0 Å². The summed E-state index contributed by atoms with van der Waals surface area (Å²) in [5.41, 5.74) is 9.16. The minimum atomic E-state index is 0.627. The Kier molecular flexibility index (Phi) is 3.93. The first-order valence-corrected chi connectivity index (χ1v) is 6.78. The number of aryl methyl sites for hydroxylation is 1. The summed E-state index contributed by atoms with van der Waals surface area (Å²) in [6.45, 7) is 4.42. The van der Waals surface area contributed by atoms with E-state index in [2.05, 4.69) is 30.4 Å². The van der Waals surface area contributed by atoms with Crippen LogP contribution in [0.25, 0.3) is 0 Å². The van der Waals surface area contributed by atoms with E-state index in [0.29, 0.717) is 6.04 Å². The average Bonchev–Trinajstić information content (AvgIpc) is 2.49. The van der Waals surface area contributed by atoms with E-state index in [-0.39, 0.29) is 0 Å². The summed E-state index contributed by atoms with van der Waals surface area (Å²) in [6, 6.07) is 6.92. The van der Waals surface area contributed by atoms with E-state index in [0.717, 1.165) is 17.2 Å². The Bertz CT molecular complexity index is 373. The molecule has 0 aliphatic heterocycles. The minimum absolute atomic E-state index is 0.627. The van der Waals surface area contributed by atoms with Gasteiger partial charge in [-0.25, -0.2) is 0 Å². The lowest BCUT2D eigenvalue weighted by Gasteiger charge is -2.18. The number of benzene rings is 1. The van der Waals surface area contributed by atoms with E-state index in [1.807, 2.05) is 6.92 Å². The molecule has 0 radical (unpaired) electrons. The third-order valence-electron chi connectivity index (χ3n) is 3.91. The van der Waals surface area contributed by atoms with Crippen molar-refractivity contribution in [2.75, 3.05) is 11.1 Å². The maximum atomic E-state index is 5.94. The predicted molar refractivity (Wildman–Crippen MR) is 75.3 cm³/mol. The second-order valence-electron chi connectivity index (χ2n) is 5.53. The van der Waals surface area contributed by atoms with Crippen LogP contribution in [-0.2, 0) is 0 Å². The molecule has 0 bridgehead atoms. The van der Waals surface area contributed by atoms with Crippen LogP contribution in [0.4, 0.5) is 11.4 Å². The Balaban J connectivity index is 1.97. The van der Waals surface area contributed by atoms with Gasteiger partial charge < -0.3 is 11.1 Å². The molecule has 1 aromatic rings. The van der Waals surface area contributed by atoms with Gasteiger partial charge in [0.25, 0.3) is 0 Å². The van der Waals surface area contributed by atoms with Crippen molar-refractivity contribution in [1.82, 2.24) is 0 Å². The number of hydrogen-bond acceptors (Lipinski definition) is 2. The van der Waals surface area contributed by atoms with Crippen LogP contribution in [-0.4, -0.2) is 6.04 Å². The highest BCUT2D eigenvalue weighted by molar-refractivity contribution is 5.58. The molecule has 0 aromatic heterocycles. The summed E-state index contributed by atoms with van der Waals surface area (Å²) in [5, 5.41) is 3.63. The molecular formula is C15H24N2. The van der Waals surface area contributed by atoms with Gasteiger partial charge in [0.05, 0.1) is 0 Å². The van der Waals surface area contributed by atoms with Gasteiger partial charge in [-0.2, -0.15) is 0 Å². The van der Waals surface area contributed by atoms with Crippen LogP contribution < -0.4 is 11.1 Å². The molecule has 0 spiro atoms. The molecule has 2 rings (SSSR count). The number of nitrogens with one attached hydrogen (secondary N) is 1. The summed E-state index contributed by atoms with van der Waals surface area (Å²) >= 11 is 0. The SMILES string of the molecule is Cc1ccc(NC2CCCC(C)CC2)cc1N. The smallest absolute Gasteiger partial charge is 0.0364 e. The average molecular weight is 232 g/mol. The Labute approximate surface area is 105 Å². The zero-order chi connectivity index (χ0) is 12.3. The first-order chi connectivity index (χ1) is 8.15. The maximum Gasteiger partial charge on any atom is 0.0364 e. The standard InChI is InChI=1S/C15H24N2/c1-11-4-3-5-13(8-6-11)17-14-9-7-12(2)15(16)10-14/h7,9-11,13,17H,3-6,8,16H2,1-2H3. The molecule has 1 aliphatic rings. The Morgan fingerprint density at radius 3 is 2.76 bits per heavy atom. The van der Waals surface area contributed by atoms with Gasteiger partial charge in [0, 0.05) is 17.4 Å². The van der Waals surface area contributed by atoms with E-state index in [9.17, 15) is 0 Å². The highest BCUT2D eigenvalue weighted by Gasteiger charge is 2.15. The number of rotatable bonds is 2. The monoisotopic (exact) mass is 232 g/mol.